The maximum absolute atomic E-state index is 12.5. The number of benzene rings is 2. The van der Waals surface area contributed by atoms with Crippen molar-refractivity contribution in [2.45, 2.75) is 12.0 Å². The van der Waals surface area contributed by atoms with Crippen molar-refractivity contribution >= 4 is 21.8 Å². The van der Waals surface area contributed by atoms with Crippen molar-refractivity contribution in [3.8, 4) is 0 Å². The molecule has 0 aliphatic rings. The van der Waals surface area contributed by atoms with E-state index >= 15 is 0 Å². The van der Waals surface area contributed by atoms with Crippen LogP contribution in [0.3, 0.4) is 0 Å². The lowest BCUT2D eigenvalue weighted by Gasteiger charge is -2.26. The molecule has 0 aliphatic carbocycles. The van der Waals surface area contributed by atoms with Crippen LogP contribution in [0.4, 0.5) is 0 Å². The second kappa shape index (κ2) is 6.87. The van der Waals surface area contributed by atoms with E-state index in [0.29, 0.717) is 0 Å². The quantitative estimate of drug-likeness (QED) is 0.921. The normalized spacial score (nSPS) is 13.5. The number of aliphatic hydroxyl groups excluding tert-OH is 1. The third-order valence-corrected chi connectivity index (χ3v) is 3.92. The zero-order valence-electron chi connectivity index (χ0n) is 12.0. The smallest absolute Gasteiger partial charge is 0.232 e. The van der Waals surface area contributed by atoms with Crippen LogP contribution >= 0.6 is 15.9 Å². The van der Waals surface area contributed by atoms with E-state index in [-0.39, 0.29) is 5.91 Å². The van der Waals surface area contributed by atoms with Crippen molar-refractivity contribution < 1.29 is 9.90 Å². The van der Waals surface area contributed by atoms with Crippen LogP contribution in [-0.2, 0) is 4.79 Å². The average molecular weight is 348 g/mol. The molecule has 2 rings (SSSR count). The Morgan fingerprint density at radius 2 is 1.57 bits per heavy atom. The van der Waals surface area contributed by atoms with E-state index in [2.05, 4.69) is 15.9 Å². The number of aliphatic hydroxyl groups is 1. The summed E-state index contributed by atoms with van der Waals surface area (Å²) in [4.78, 5) is 14.0. The summed E-state index contributed by atoms with van der Waals surface area (Å²) in [5.74, 6) is -0.732. The highest BCUT2D eigenvalue weighted by molar-refractivity contribution is 9.10. The predicted molar refractivity (Wildman–Crippen MR) is 87.0 cm³/mol. The Morgan fingerprint density at radius 1 is 1.00 bits per heavy atom. The maximum Gasteiger partial charge on any atom is 0.232 e. The molecule has 0 saturated carbocycles. The fourth-order valence-electron chi connectivity index (χ4n) is 2.25. The lowest BCUT2D eigenvalue weighted by atomic mass is 9.88. The van der Waals surface area contributed by atoms with Gasteiger partial charge in [-0.25, -0.2) is 0 Å². The first-order chi connectivity index (χ1) is 10.0. The molecule has 110 valence electrons. The highest BCUT2D eigenvalue weighted by Gasteiger charge is 2.30. The summed E-state index contributed by atoms with van der Waals surface area (Å²) in [5, 5.41) is 10.7. The van der Waals surface area contributed by atoms with Crippen molar-refractivity contribution in [2.75, 3.05) is 14.1 Å². The Morgan fingerprint density at radius 3 is 2.10 bits per heavy atom. The predicted octanol–water partition coefficient (Wildman–Crippen LogP) is 3.35. The second-order valence-corrected chi connectivity index (χ2v) is 6.03. The van der Waals surface area contributed by atoms with Crippen LogP contribution in [0.1, 0.15) is 23.1 Å². The molecule has 0 bridgehead atoms. The number of nitrogens with zero attached hydrogens (tertiary/aromatic N) is 1. The molecule has 0 aromatic heterocycles. The molecular weight excluding hydrogens is 330 g/mol. The molecule has 0 spiro atoms. The van der Waals surface area contributed by atoms with Gasteiger partial charge in [0.2, 0.25) is 5.91 Å². The summed E-state index contributed by atoms with van der Waals surface area (Å²) in [7, 11) is 3.40. The fraction of sp³-hybridized carbons (Fsp3) is 0.235. The first kappa shape index (κ1) is 15.7. The van der Waals surface area contributed by atoms with Gasteiger partial charge in [0, 0.05) is 18.6 Å². The summed E-state index contributed by atoms with van der Waals surface area (Å²) < 4.78 is 0.941. The van der Waals surface area contributed by atoms with E-state index in [0.717, 1.165) is 15.6 Å². The molecule has 0 fully saturated rings. The summed E-state index contributed by atoms with van der Waals surface area (Å²) >= 11 is 3.38. The van der Waals surface area contributed by atoms with Gasteiger partial charge in [0.05, 0.1) is 12.0 Å². The third-order valence-electron chi connectivity index (χ3n) is 3.39. The first-order valence-electron chi connectivity index (χ1n) is 6.70. The highest BCUT2D eigenvalue weighted by atomic mass is 79.9. The van der Waals surface area contributed by atoms with Crippen molar-refractivity contribution in [3.05, 3.63) is 70.2 Å². The minimum Gasteiger partial charge on any atom is -0.387 e. The van der Waals surface area contributed by atoms with Crippen LogP contribution in [0.5, 0.6) is 0 Å². The number of carbonyl (C=O) groups is 1. The number of likely N-dealkylation sites (N-methyl/N-ethyl adjacent to an activating group) is 1. The molecule has 4 heteroatoms. The Hall–Kier alpha value is -1.65. The van der Waals surface area contributed by atoms with Crippen LogP contribution in [0.25, 0.3) is 0 Å². The molecule has 21 heavy (non-hydrogen) atoms. The van der Waals surface area contributed by atoms with Gasteiger partial charge in [-0.3, -0.25) is 4.79 Å². The van der Waals surface area contributed by atoms with Gasteiger partial charge in [0.1, 0.15) is 0 Å². The third kappa shape index (κ3) is 3.71. The topological polar surface area (TPSA) is 40.5 Å². The monoisotopic (exact) mass is 347 g/mol. The van der Waals surface area contributed by atoms with Crippen LogP contribution in [0.15, 0.2) is 59.1 Å². The summed E-state index contributed by atoms with van der Waals surface area (Å²) in [6.07, 6.45) is -0.873. The molecule has 2 aromatic rings. The van der Waals surface area contributed by atoms with E-state index in [9.17, 15) is 9.90 Å². The van der Waals surface area contributed by atoms with Crippen molar-refractivity contribution in [1.29, 1.82) is 0 Å². The summed E-state index contributed by atoms with van der Waals surface area (Å²) in [6.45, 7) is 0. The summed E-state index contributed by atoms with van der Waals surface area (Å²) in [6, 6.07) is 16.8. The maximum atomic E-state index is 12.5. The number of hydrogen-bond donors (Lipinski definition) is 1. The number of rotatable bonds is 4. The zero-order chi connectivity index (χ0) is 15.4. The van der Waals surface area contributed by atoms with Gasteiger partial charge in [0.15, 0.2) is 0 Å². The minimum absolute atomic E-state index is 0.117. The number of amides is 1. The Balaban J connectivity index is 2.41. The Kier molecular flexibility index (Phi) is 5.15. The second-order valence-electron chi connectivity index (χ2n) is 5.12. The van der Waals surface area contributed by atoms with Crippen LogP contribution in [0.2, 0.25) is 0 Å². The zero-order valence-corrected chi connectivity index (χ0v) is 13.6. The van der Waals surface area contributed by atoms with Gasteiger partial charge in [-0.2, -0.15) is 0 Å². The van der Waals surface area contributed by atoms with Gasteiger partial charge in [-0.1, -0.05) is 58.4 Å². The number of carbonyl (C=O) groups excluding carboxylic acids is 1. The molecule has 2 atom stereocenters. The standard InChI is InChI=1S/C17H18BrNO2/c1-19(2)17(21)15(12-8-10-14(18)11-9-12)16(20)13-6-4-3-5-7-13/h3-11,15-16,20H,1-2H3/t15-,16-/m0/s1. The lowest BCUT2D eigenvalue weighted by Crippen LogP contribution is -2.31. The van der Waals surface area contributed by atoms with E-state index in [1.165, 1.54) is 4.90 Å². The van der Waals surface area contributed by atoms with Gasteiger partial charge < -0.3 is 10.0 Å². The summed E-state index contributed by atoms with van der Waals surface area (Å²) in [5.41, 5.74) is 1.54. The molecular formula is C17H18BrNO2. The first-order valence-corrected chi connectivity index (χ1v) is 7.49. The number of hydrogen-bond acceptors (Lipinski definition) is 2. The molecule has 2 aromatic carbocycles. The van der Waals surface area contributed by atoms with E-state index in [1.807, 2.05) is 54.6 Å². The van der Waals surface area contributed by atoms with Crippen molar-refractivity contribution in [2.24, 2.45) is 0 Å². The fourth-order valence-corrected chi connectivity index (χ4v) is 2.52. The van der Waals surface area contributed by atoms with E-state index in [4.69, 9.17) is 0 Å². The lowest BCUT2D eigenvalue weighted by molar-refractivity contribution is -0.133. The molecule has 1 N–H and O–H groups in total. The molecule has 0 saturated heterocycles. The van der Waals surface area contributed by atoms with Gasteiger partial charge in [0.25, 0.3) is 0 Å². The van der Waals surface area contributed by atoms with Gasteiger partial charge >= 0.3 is 0 Å². The minimum atomic E-state index is -0.873. The Labute approximate surface area is 133 Å². The molecule has 0 unspecified atom stereocenters. The average Bonchev–Trinajstić information content (AvgIpc) is 2.50. The van der Waals surface area contributed by atoms with Crippen LogP contribution in [0, 0.1) is 0 Å². The van der Waals surface area contributed by atoms with Crippen molar-refractivity contribution in [3.63, 3.8) is 0 Å². The SMILES string of the molecule is CN(C)C(=O)[C@@H](c1ccc(Br)cc1)[C@@H](O)c1ccccc1. The molecule has 0 aliphatic heterocycles. The van der Waals surface area contributed by atoms with Crippen molar-refractivity contribution in [1.82, 2.24) is 4.90 Å². The highest BCUT2D eigenvalue weighted by Crippen LogP contribution is 2.32. The number of halogens is 1. The van der Waals surface area contributed by atoms with Gasteiger partial charge in [-0.05, 0) is 23.3 Å². The van der Waals surface area contributed by atoms with E-state index < -0.39 is 12.0 Å². The Bertz CT molecular complexity index is 596. The molecule has 0 radical (unpaired) electrons. The van der Waals surface area contributed by atoms with Gasteiger partial charge in [-0.15, -0.1) is 0 Å². The molecule has 3 nitrogen and oxygen atoms in total. The van der Waals surface area contributed by atoms with Crippen LogP contribution < -0.4 is 0 Å². The molecule has 0 heterocycles. The van der Waals surface area contributed by atoms with Crippen LogP contribution in [-0.4, -0.2) is 30.0 Å². The van der Waals surface area contributed by atoms with E-state index in [1.54, 1.807) is 14.1 Å². The largest absolute Gasteiger partial charge is 0.387 e. The molecule has 1 amide bonds.